The van der Waals surface area contributed by atoms with Gasteiger partial charge in [-0.15, -0.1) is 0 Å². The molecule has 15 heavy (non-hydrogen) atoms. The fourth-order valence-corrected chi connectivity index (χ4v) is 2.31. The van der Waals surface area contributed by atoms with Gasteiger partial charge in [0, 0.05) is 18.2 Å². The molecule has 1 fully saturated rings. The van der Waals surface area contributed by atoms with Crippen LogP contribution in [0.4, 0.5) is 0 Å². The molecule has 2 aromatic rings. The van der Waals surface area contributed by atoms with Crippen LogP contribution in [0.15, 0.2) is 30.6 Å². The third-order valence-corrected chi connectivity index (χ3v) is 3.28. The summed E-state index contributed by atoms with van der Waals surface area (Å²) < 4.78 is 2.21. The molecule has 0 saturated heterocycles. The highest BCUT2D eigenvalue weighted by Crippen LogP contribution is 2.46. The summed E-state index contributed by atoms with van der Waals surface area (Å²) in [6.07, 6.45) is 6.57. The van der Waals surface area contributed by atoms with Gasteiger partial charge in [-0.25, -0.2) is 4.98 Å². The topological polar surface area (TPSA) is 29.3 Å². The Morgan fingerprint density at radius 3 is 3.07 bits per heavy atom. The van der Waals surface area contributed by atoms with E-state index in [1.807, 2.05) is 13.2 Å². The Morgan fingerprint density at radius 1 is 1.47 bits per heavy atom. The number of hydrogen-bond acceptors (Lipinski definition) is 2. The lowest BCUT2D eigenvalue weighted by Crippen LogP contribution is -2.25. The fraction of sp³-hybridized carbons (Fsp3) is 0.417. The van der Waals surface area contributed by atoms with E-state index in [1.54, 1.807) is 0 Å². The molecular weight excluding hydrogens is 186 g/mol. The molecule has 3 rings (SSSR count). The van der Waals surface area contributed by atoms with E-state index < -0.39 is 0 Å². The number of fused-ring (bicyclic) bond motifs is 1. The molecule has 2 aromatic heterocycles. The monoisotopic (exact) mass is 201 g/mol. The van der Waals surface area contributed by atoms with Gasteiger partial charge in [0.25, 0.3) is 0 Å². The standard InChI is InChI=1S/C12H15N3/c1-13-9-12(5-6-12)11-14-8-10-4-2-3-7-15(10)11/h2-4,7-8,13H,5-6,9H2,1H3. The van der Waals surface area contributed by atoms with Gasteiger partial charge in [0.1, 0.15) is 5.82 Å². The number of pyridine rings is 1. The number of hydrogen-bond donors (Lipinski definition) is 1. The second kappa shape index (κ2) is 3.07. The average Bonchev–Trinajstić information content (AvgIpc) is 2.91. The van der Waals surface area contributed by atoms with Crippen LogP contribution in [0.1, 0.15) is 18.7 Å². The van der Waals surface area contributed by atoms with Gasteiger partial charge in [-0.1, -0.05) is 6.07 Å². The minimum absolute atomic E-state index is 0.294. The van der Waals surface area contributed by atoms with Crippen molar-refractivity contribution in [1.29, 1.82) is 0 Å². The molecule has 0 radical (unpaired) electrons. The van der Waals surface area contributed by atoms with Gasteiger partial charge in [-0.2, -0.15) is 0 Å². The van der Waals surface area contributed by atoms with Gasteiger partial charge >= 0.3 is 0 Å². The van der Waals surface area contributed by atoms with Gasteiger partial charge in [0.05, 0.1) is 11.7 Å². The largest absolute Gasteiger partial charge is 0.319 e. The number of rotatable bonds is 3. The number of nitrogens with one attached hydrogen (secondary N) is 1. The third kappa shape index (κ3) is 1.27. The van der Waals surface area contributed by atoms with E-state index in [4.69, 9.17) is 0 Å². The zero-order chi connectivity index (χ0) is 10.3. The van der Waals surface area contributed by atoms with Crippen LogP contribution < -0.4 is 5.32 Å². The predicted octanol–water partition coefficient (Wildman–Crippen LogP) is 1.59. The summed E-state index contributed by atoms with van der Waals surface area (Å²) >= 11 is 0. The summed E-state index contributed by atoms with van der Waals surface area (Å²) in [6, 6.07) is 6.22. The number of aromatic nitrogens is 2. The predicted molar refractivity (Wildman–Crippen MR) is 60.0 cm³/mol. The molecule has 1 N–H and O–H groups in total. The first kappa shape index (κ1) is 8.92. The Morgan fingerprint density at radius 2 is 2.33 bits per heavy atom. The first-order valence-electron chi connectivity index (χ1n) is 5.43. The second-order valence-corrected chi connectivity index (χ2v) is 4.39. The first-order valence-corrected chi connectivity index (χ1v) is 5.43. The van der Waals surface area contributed by atoms with E-state index in [-0.39, 0.29) is 0 Å². The van der Waals surface area contributed by atoms with Crippen LogP contribution in [0.5, 0.6) is 0 Å². The number of likely N-dealkylation sites (N-methyl/N-ethyl adjacent to an activating group) is 1. The first-order chi connectivity index (χ1) is 7.36. The van der Waals surface area contributed by atoms with Crippen molar-refractivity contribution >= 4 is 5.52 Å². The summed E-state index contributed by atoms with van der Waals surface area (Å²) in [4.78, 5) is 4.57. The molecule has 0 atom stereocenters. The summed E-state index contributed by atoms with van der Waals surface area (Å²) in [7, 11) is 2.01. The summed E-state index contributed by atoms with van der Waals surface area (Å²) in [6.45, 7) is 1.03. The molecule has 0 aliphatic heterocycles. The quantitative estimate of drug-likeness (QED) is 0.817. The maximum absolute atomic E-state index is 4.57. The van der Waals surface area contributed by atoms with Gasteiger partial charge in [-0.3, -0.25) is 0 Å². The molecule has 3 heteroatoms. The van der Waals surface area contributed by atoms with Crippen molar-refractivity contribution in [2.45, 2.75) is 18.3 Å². The van der Waals surface area contributed by atoms with Crippen molar-refractivity contribution in [3.05, 3.63) is 36.4 Å². The number of nitrogens with zero attached hydrogens (tertiary/aromatic N) is 2. The zero-order valence-corrected chi connectivity index (χ0v) is 8.90. The highest BCUT2D eigenvalue weighted by Gasteiger charge is 2.46. The van der Waals surface area contributed by atoms with E-state index in [0.29, 0.717) is 5.41 Å². The van der Waals surface area contributed by atoms with Crippen molar-refractivity contribution in [3.63, 3.8) is 0 Å². The molecule has 3 nitrogen and oxygen atoms in total. The van der Waals surface area contributed by atoms with Crippen molar-refractivity contribution in [3.8, 4) is 0 Å². The molecule has 1 aliphatic rings. The summed E-state index contributed by atoms with van der Waals surface area (Å²) in [5.74, 6) is 1.22. The van der Waals surface area contributed by atoms with Crippen LogP contribution in [0, 0.1) is 0 Å². The molecule has 0 spiro atoms. The Balaban J connectivity index is 2.11. The van der Waals surface area contributed by atoms with Crippen molar-refractivity contribution in [2.75, 3.05) is 13.6 Å². The maximum Gasteiger partial charge on any atom is 0.120 e. The Bertz CT molecular complexity index is 482. The van der Waals surface area contributed by atoms with E-state index in [0.717, 1.165) is 6.54 Å². The molecule has 0 bridgehead atoms. The minimum atomic E-state index is 0.294. The Labute approximate surface area is 89.1 Å². The SMILES string of the molecule is CNCC1(c2ncc3ccccn23)CC1. The maximum atomic E-state index is 4.57. The zero-order valence-electron chi connectivity index (χ0n) is 8.90. The molecule has 1 aliphatic carbocycles. The van der Waals surface area contributed by atoms with Gasteiger partial charge in [0.15, 0.2) is 0 Å². The second-order valence-electron chi connectivity index (χ2n) is 4.39. The normalized spacial score (nSPS) is 18.2. The summed E-state index contributed by atoms with van der Waals surface area (Å²) in [5.41, 5.74) is 1.48. The highest BCUT2D eigenvalue weighted by atomic mass is 15.0. The van der Waals surface area contributed by atoms with Crippen LogP contribution in [0.3, 0.4) is 0 Å². The Hall–Kier alpha value is -1.35. The van der Waals surface area contributed by atoms with Gasteiger partial charge in [-0.05, 0) is 32.0 Å². The van der Waals surface area contributed by atoms with Crippen molar-refractivity contribution in [1.82, 2.24) is 14.7 Å². The fourth-order valence-electron chi connectivity index (χ4n) is 2.31. The molecule has 1 saturated carbocycles. The van der Waals surface area contributed by atoms with E-state index in [2.05, 4.69) is 39.1 Å². The third-order valence-electron chi connectivity index (χ3n) is 3.28. The lowest BCUT2D eigenvalue weighted by Gasteiger charge is -2.13. The van der Waals surface area contributed by atoms with E-state index in [9.17, 15) is 0 Å². The Kier molecular flexibility index (Phi) is 1.83. The lowest BCUT2D eigenvalue weighted by molar-refractivity contribution is 0.585. The van der Waals surface area contributed by atoms with E-state index >= 15 is 0 Å². The smallest absolute Gasteiger partial charge is 0.120 e. The average molecular weight is 201 g/mol. The molecule has 0 aromatic carbocycles. The van der Waals surface area contributed by atoms with Crippen LogP contribution >= 0.6 is 0 Å². The molecule has 2 heterocycles. The van der Waals surface area contributed by atoms with Crippen LogP contribution in [-0.4, -0.2) is 23.0 Å². The van der Waals surface area contributed by atoms with Crippen molar-refractivity contribution in [2.24, 2.45) is 0 Å². The van der Waals surface area contributed by atoms with Gasteiger partial charge < -0.3 is 9.72 Å². The van der Waals surface area contributed by atoms with Crippen LogP contribution in [0.2, 0.25) is 0 Å². The van der Waals surface area contributed by atoms with Crippen LogP contribution in [0.25, 0.3) is 5.52 Å². The van der Waals surface area contributed by atoms with E-state index in [1.165, 1.54) is 24.2 Å². The molecule has 78 valence electrons. The summed E-state index contributed by atoms with van der Waals surface area (Å²) in [5, 5.41) is 3.27. The minimum Gasteiger partial charge on any atom is -0.319 e. The van der Waals surface area contributed by atoms with Crippen molar-refractivity contribution < 1.29 is 0 Å². The highest BCUT2D eigenvalue weighted by molar-refractivity contribution is 5.47. The number of imidazole rings is 1. The lowest BCUT2D eigenvalue weighted by atomic mass is 10.1. The van der Waals surface area contributed by atoms with Gasteiger partial charge in [0.2, 0.25) is 0 Å². The van der Waals surface area contributed by atoms with Crippen LogP contribution in [-0.2, 0) is 5.41 Å². The molecular formula is C12H15N3. The molecule has 0 amide bonds. The molecule has 0 unspecified atom stereocenters.